The number of anilines is 2. The molecule has 0 aromatic carbocycles. The van der Waals surface area contributed by atoms with Crippen LogP contribution in [0.4, 0.5) is 29.5 Å². The molecule has 0 spiro atoms. The first kappa shape index (κ1) is 28.7. The number of carbonyl (C=O) groups is 3. The van der Waals surface area contributed by atoms with Gasteiger partial charge >= 0.3 is 18.2 Å². The van der Waals surface area contributed by atoms with E-state index in [1.54, 1.807) is 27.8 Å². The smallest absolute Gasteiger partial charge is 0.397 e. The highest BCUT2D eigenvalue weighted by atomic mass is 79.9. The van der Waals surface area contributed by atoms with Gasteiger partial charge in [-0.25, -0.2) is 9.78 Å². The van der Waals surface area contributed by atoms with E-state index in [0.29, 0.717) is 41.4 Å². The second-order valence-electron chi connectivity index (χ2n) is 9.41. The van der Waals surface area contributed by atoms with Crippen LogP contribution in [0.2, 0.25) is 0 Å². The van der Waals surface area contributed by atoms with Gasteiger partial charge in [-0.1, -0.05) is 11.3 Å². The van der Waals surface area contributed by atoms with Gasteiger partial charge in [0.05, 0.1) is 6.20 Å². The number of alkyl halides is 3. The van der Waals surface area contributed by atoms with Gasteiger partial charge in [0.15, 0.2) is 15.4 Å². The summed E-state index contributed by atoms with van der Waals surface area (Å²) in [6, 6.07) is -0.628. The van der Waals surface area contributed by atoms with Crippen LogP contribution >= 0.6 is 27.3 Å². The quantitative estimate of drug-likeness (QED) is 0.470. The van der Waals surface area contributed by atoms with Crippen LogP contribution in [0.5, 0.6) is 5.06 Å². The maximum Gasteiger partial charge on any atom is 0.471 e. The number of hydrogen-bond donors (Lipinski definition) is 3. The zero-order valence-electron chi connectivity index (χ0n) is 20.5. The lowest BCUT2D eigenvalue weighted by Crippen LogP contribution is -2.43. The predicted octanol–water partition coefficient (Wildman–Crippen LogP) is 3.82. The van der Waals surface area contributed by atoms with Crippen LogP contribution in [0.3, 0.4) is 0 Å². The fraction of sp³-hybridized carbons (Fsp3) is 0.571. The predicted molar refractivity (Wildman–Crippen MR) is 134 cm³/mol. The van der Waals surface area contributed by atoms with Gasteiger partial charge in [-0.05, 0) is 56.0 Å². The van der Waals surface area contributed by atoms with Crippen LogP contribution in [-0.2, 0) is 11.8 Å². The summed E-state index contributed by atoms with van der Waals surface area (Å²) >= 11 is 4.17. The molecule has 204 valence electrons. The molecule has 37 heavy (non-hydrogen) atoms. The van der Waals surface area contributed by atoms with Crippen molar-refractivity contribution in [1.29, 1.82) is 0 Å². The molecular weight excluding hydrogens is 583 g/mol. The molecule has 1 aliphatic rings. The minimum atomic E-state index is -4.94. The summed E-state index contributed by atoms with van der Waals surface area (Å²) in [6.45, 7) is 6.15. The van der Waals surface area contributed by atoms with Gasteiger partial charge < -0.3 is 25.6 Å². The van der Waals surface area contributed by atoms with Crippen molar-refractivity contribution in [3.63, 3.8) is 0 Å². The van der Waals surface area contributed by atoms with Gasteiger partial charge in [0.25, 0.3) is 5.91 Å². The number of hydrogen-bond acceptors (Lipinski definition) is 8. The van der Waals surface area contributed by atoms with Gasteiger partial charge in [0.2, 0.25) is 5.06 Å². The van der Waals surface area contributed by atoms with Crippen molar-refractivity contribution >= 4 is 56.7 Å². The minimum Gasteiger partial charge on any atom is -0.397 e. The van der Waals surface area contributed by atoms with Gasteiger partial charge in [0, 0.05) is 31.7 Å². The standard InChI is InChI=1S/C21H27BrF3N7O4S/c1-20(2,3)30-19(35)36-16-13(29-18(22)37-16)14(33)28-12-10-26-31(4)15(12)32-8-5-6-11(7-9-32)27-17(34)21(23,24)25/h10-11H,5-9H2,1-4H3,(H,27,34)(H,28,33)(H,30,35)/t11-/m1/s1. The van der Waals surface area contributed by atoms with E-state index in [0.717, 1.165) is 11.3 Å². The van der Waals surface area contributed by atoms with Crippen LogP contribution in [0, 0.1) is 0 Å². The average Bonchev–Trinajstić information content (AvgIpc) is 3.20. The lowest BCUT2D eigenvalue weighted by atomic mass is 10.1. The van der Waals surface area contributed by atoms with E-state index in [9.17, 15) is 27.6 Å². The molecule has 1 fully saturated rings. The highest BCUT2D eigenvalue weighted by Crippen LogP contribution is 2.33. The van der Waals surface area contributed by atoms with E-state index in [1.165, 1.54) is 10.9 Å². The molecule has 3 N–H and O–H groups in total. The van der Waals surface area contributed by atoms with Gasteiger partial charge in [-0.2, -0.15) is 18.3 Å². The monoisotopic (exact) mass is 609 g/mol. The number of thiazole rings is 1. The summed E-state index contributed by atoms with van der Waals surface area (Å²) in [5.74, 6) is -2.05. The summed E-state index contributed by atoms with van der Waals surface area (Å²) in [7, 11) is 1.67. The second-order valence-corrected chi connectivity index (χ2v) is 11.7. The maximum absolute atomic E-state index is 13.1. The van der Waals surface area contributed by atoms with Crippen molar-refractivity contribution in [3.05, 3.63) is 15.8 Å². The molecule has 1 saturated heterocycles. The molecule has 2 aromatic rings. The number of nitrogens with zero attached hydrogens (tertiary/aromatic N) is 4. The lowest BCUT2D eigenvalue weighted by molar-refractivity contribution is -0.174. The number of amides is 3. The van der Waals surface area contributed by atoms with E-state index in [2.05, 4.69) is 36.6 Å². The summed E-state index contributed by atoms with van der Waals surface area (Å²) in [6.07, 6.45) is -3.07. The van der Waals surface area contributed by atoms with Crippen LogP contribution in [0.1, 0.15) is 50.5 Å². The third-order valence-electron chi connectivity index (χ3n) is 5.22. The molecule has 3 heterocycles. The first-order chi connectivity index (χ1) is 17.1. The SMILES string of the molecule is Cn1ncc(NC(=O)c2nc(Br)sc2OC(=O)NC(C)(C)C)c1N1CCC[C@@H](NC(=O)C(F)(F)F)CC1. The molecular formula is C21H27BrF3N7O4S. The highest BCUT2D eigenvalue weighted by molar-refractivity contribution is 9.11. The Kier molecular flexibility index (Phi) is 8.72. The summed E-state index contributed by atoms with van der Waals surface area (Å²) in [5, 5.41) is 11.6. The fourth-order valence-corrected chi connectivity index (χ4v) is 4.97. The Bertz CT molecular complexity index is 1160. The number of carbonyl (C=O) groups excluding carboxylic acids is 3. The molecule has 0 radical (unpaired) electrons. The van der Waals surface area contributed by atoms with Crippen molar-refractivity contribution in [1.82, 2.24) is 25.4 Å². The van der Waals surface area contributed by atoms with Crippen LogP contribution < -0.4 is 25.6 Å². The molecule has 1 aliphatic heterocycles. The number of aryl methyl sites for hydroxylation is 1. The average molecular weight is 610 g/mol. The fourth-order valence-electron chi connectivity index (χ4n) is 3.71. The Hall–Kier alpha value is -2.88. The number of aromatic nitrogens is 3. The normalized spacial score (nSPS) is 16.6. The molecule has 3 rings (SSSR count). The first-order valence-electron chi connectivity index (χ1n) is 11.3. The molecule has 11 nitrogen and oxygen atoms in total. The largest absolute Gasteiger partial charge is 0.471 e. The Morgan fingerprint density at radius 1 is 1.19 bits per heavy atom. The lowest BCUT2D eigenvalue weighted by Gasteiger charge is -2.24. The zero-order chi connectivity index (χ0) is 27.5. The van der Waals surface area contributed by atoms with E-state index in [1.807, 2.05) is 10.2 Å². The number of rotatable bonds is 5. The van der Waals surface area contributed by atoms with Gasteiger partial charge in [-0.15, -0.1) is 0 Å². The zero-order valence-corrected chi connectivity index (χ0v) is 22.9. The molecule has 0 aliphatic carbocycles. The van der Waals surface area contributed by atoms with E-state index < -0.39 is 35.7 Å². The first-order valence-corrected chi connectivity index (χ1v) is 12.9. The van der Waals surface area contributed by atoms with Gasteiger partial charge in [0.1, 0.15) is 5.69 Å². The Morgan fingerprint density at radius 3 is 2.54 bits per heavy atom. The molecule has 16 heteroatoms. The summed E-state index contributed by atoms with van der Waals surface area (Å²) < 4.78 is 45.1. The van der Waals surface area contributed by atoms with Crippen LogP contribution in [0.15, 0.2) is 10.1 Å². The minimum absolute atomic E-state index is 0.00501. The summed E-state index contributed by atoms with van der Waals surface area (Å²) in [5.41, 5.74) is -0.311. The Morgan fingerprint density at radius 2 is 1.89 bits per heavy atom. The molecule has 2 aromatic heterocycles. The molecule has 3 amide bonds. The maximum atomic E-state index is 13.1. The molecule has 0 saturated carbocycles. The topological polar surface area (TPSA) is 130 Å². The number of ether oxygens (including phenoxy) is 1. The van der Waals surface area contributed by atoms with Crippen LogP contribution in [-0.4, -0.2) is 63.5 Å². The van der Waals surface area contributed by atoms with E-state index >= 15 is 0 Å². The molecule has 0 unspecified atom stereocenters. The second kappa shape index (κ2) is 11.2. The van der Waals surface area contributed by atoms with Gasteiger partial charge in [-0.3, -0.25) is 14.3 Å². The third kappa shape index (κ3) is 7.80. The van der Waals surface area contributed by atoms with Crippen LogP contribution in [0.25, 0.3) is 0 Å². The van der Waals surface area contributed by atoms with Crippen molar-refractivity contribution in [2.75, 3.05) is 23.3 Å². The van der Waals surface area contributed by atoms with Crippen molar-refractivity contribution < 1.29 is 32.3 Å². The highest BCUT2D eigenvalue weighted by Gasteiger charge is 2.40. The third-order valence-corrected chi connectivity index (χ3v) is 6.61. The van der Waals surface area contributed by atoms with Crippen molar-refractivity contribution in [3.8, 4) is 5.06 Å². The van der Waals surface area contributed by atoms with E-state index in [-0.39, 0.29) is 17.2 Å². The number of nitrogens with one attached hydrogen (secondary N) is 3. The Labute approximate surface area is 223 Å². The Balaban J connectivity index is 1.72. The van der Waals surface area contributed by atoms with Crippen molar-refractivity contribution in [2.45, 2.75) is 57.8 Å². The number of halogens is 4. The van der Waals surface area contributed by atoms with Crippen molar-refractivity contribution in [2.24, 2.45) is 7.05 Å². The molecule has 0 bridgehead atoms. The van der Waals surface area contributed by atoms with E-state index in [4.69, 9.17) is 4.74 Å². The molecule has 1 atom stereocenters. The summed E-state index contributed by atoms with van der Waals surface area (Å²) in [4.78, 5) is 42.6.